The first kappa shape index (κ1) is 12.8. The predicted molar refractivity (Wildman–Crippen MR) is 69.9 cm³/mol. The molecular formula is C14H12ClF2N. The number of hydrogen-bond donors (Lipinski definition) is 1. The molecule has 0 radical (unpaired) electrons. The van der Waals surface area contributed by atoms with E-state index in [-0.39, 0.29) is 12.1 Å². The largest absolute Gasteiger partial charge is 0.381 e. The minimum atomic E-state index is -0.547. The van der Waals surface area contributed by atoms with Gasteiger partial charge >= 0.3 is 0 Å². The summed E-state index contributed by atoms with van der Waals surface area (Å²) in [6.07, 6.45) is 0. The van der Waals surface area contributed by atoms with Crippen LogP contribution in [0.1, 0.15) is 11.1 Å². The maximum absolute atomic E-state index is 13.4. The van der Waals surface area contributed by atoms with Crippen molar-refractivity contribution in [3.63, 3.8) is 0 Å². The van der Waals surface area contributed by atoms with Gasteiger partial charge in [0.05, 0.1) is 0 Å². The van der Waals surface area contributed by atoms with Crippen LogP contribution in [0, 0.1) is 18.6 Å². The van der Waals surface area contributed by atoms with Gasteiger partial charge in [-0.25, -0.2) is 8.78 Å². The zero-order valence-electron chi connectivity index (χ0n) is 9.81. The van der Waals surface area contributed by atoms with Crippen LogP contribution in [0.3, 0.4) is 0 Å². The molecule has 0 saturated heterocycles. The van der Waals surface area contributed by atoms with Gasteiger partial charge in [-0.3, -0.25) is 0 Å². The number of rotatable bonds is 3. The van der Waals surface area contributed by atoms with E-state index in [1.807, 2.05) is 6.92 Å². The zero-order valence-corrected chi connectivity index (χ0v) is 10.6. The summed E-state index contributed by atoms with van der Waals surface area (Å²) < 4.78 is 26.8. The third-order valence-electron chi connectivity index (χ3n) is 2.71. The lowest BCUT2D eigenvalue weighted by Crippen LogP contribution is -2.05. The van der Waals surface area contributed by atoms with Gasteiger partial charge in [-0.1, -0.05) is 17.7 Å². The average molecular weight is 268 g/mol. The summed E-state index contributed by atoms with van der Waals surface area (Å²) >= 11 is 5.84. The topological polar surface area (TPSA) is 12.0 Å². The van der Waals surface area contributed by atoms with Crippen LogP contribution in [0.15, 0.2) is 36.4 Å². The van der Waals surface area contributed by atoms with Gasteiger partial charge < -0.3 is 5.32 Å². The lowest BCUT2D eigenvalue weighted by Gasteiger charge is -2.11. The quantitative estimate of drug-likeness (QED) is 0.861. The summed E-state index contributed by atoms with van der Waals surface area (Å²) in [6, 6.07) is 9.15. The standard InChI is InChI=1S/C14H12ClF2N/c1-9-7-10(15)5-6-14(9)18-8-11-12(16)3-2-4-13(11)17/h2-7,18H,8H2,1H3. The number of hydrogen-bond acceptors (Lipinski definition) is 1. The molecule has 0 unspecified atom stereocenters. The maximum atomic E-state index is 13.4. The highest BCUT2D eigenvalue weighted by molar-refractivity contribution is 6.30. The normalized spacial score (nSPS) is 10.4. The number of benzene rings is 2. The fourth-order valence-corrected chi connectivity index (χ4v) is 1.94. The van der Waals surface area contributed by atoms with Crippen molar-refractivity contribution in [3.05, 3.63) is 64.2 Å². The Morgan fingerprint density at radius 1 is 1.11 bits per heavy atom. The zero-order chi connectivity index (χ0) is 13.1. The van der Waals surface area contributed by atoms with E-state index in [4.69, 9.17) is 11.6 Å². The van der Waals surface area contributed by atoms with Crippen molar-refractivity contribution in [2.45, 2.75) is 13.5 Å². The van der Waals surface area contributed by atoms with Gasteiger partial charge in [0.15, 0.2) is 0 Å². The van der Waals surface area contributed by atoms with Gasteiger partial charge in [-0.05, 0) is 42.8 Å². The van der Waals surface area contributed by atoms with Gasteiger partial charge in [0.1, 0.15) is 11.6 Å². The van der Waals surface area contributed by atoms with Crippen molar-refractivity contribution in [1.82, 2.24) is 0 Å². The monoisotopic (exact) mass is 267 g/mol. The van der Waals surface area contributed by atoms with Crippen LogP contribution in [0.5, 0.6) is 0 Å². The molecule has 1 nitrogen and oxygen atoms in total. The van der Waals surface area contributed by atoms with Crippen molar-refractivity contribution in [2.75, 3.05) is 5.32 Å². The number of nitrogens with one attached hydrogen (secondary N) is 1. The Kier molecular flexibility index (Phi) is 3.82. The number of aryl methyl sites for hydroxylation is 1. The fourth-order valence-electron chi connectivity index (χ4n) is 1.71. The Hall–Kier alpha value is -1.61. The SMILES string of the molecule is Cc1cc(Cl)ccc1NCc1c(F)cccc1F. The van der Waals surface area contributed by atoms with Crippen molar-refractivity contribution < 1.29 is 8.78 Å². The first-order chi connectivity index (χ1) is 8.58. The summed E-state index contributed by atoms with van der Waals surface area (Å²) in [5.41, 5.74) is 1.77. The van der Waals surface area contributed by atoms with E-state index in [2.05, 4.69) is 5.32 Å². The minimum absolute atomic E-state index is 0.0341. The van der Waals surface area contributed by atoms with Gasteiger partial charge in [0, 0.05) is 22.8 Å². The molecule has 1 N–H and O–H groups in total. The molecule has 0 aliphatic carbocycles. The molecular weight excluding hydrogens is 256 g/mol. The van der Waals surface area contributed by atoms with Gasteiger partial charge in [0.2, 0.25) is 0 Å². The van der Waals surface area contributed by atoms with E-state index in [0.29, 0.717) is 5.02 Å². The summed E-state index contributed by atoms with van der Waals surface area (Å²) in [7, 11) is 0. The van der Waals surface area contributed by atoms with E-state index < -0.39 is 11.6 Å². The van der Waals surface area contributed by atoms with Crippen molar-refractivity contribution in [1.29, 1.82) is 0 Å². The Bertz CT molecular complexity index is 549. The Labute approximate surface area is 109 Å². The highest BCUT2D eigenvalue weighted by atomic mass is 35.5. The molecule has 0 amide bonds. The Balaban J connectivity index is 2.16. The molecule has 0 bridgehead atoms. The molecule has 94 valence electrons. The summed E-state index contributed by atoms with van der Waals surface area (Å²) in [5.74, 6) is -1.09. The molecule has 0 atom stereocenters. The molecule has 0 saturated carbocycles. The van der Waals surface area contributed by atoms with E-state index in [1.54, 1.807) is 18.2 Å². The third kappa shape index (κ3) is 2.79. The Morgan fingerprint density at radius 3 is 2.39 bits per heavy atom. The van der Waals surface area contributed by atoms with E-state index >= 15 is 0 Å². The molecule has 0 aliphatic rings. The van der Waals surface area contributed by atoms with Crippen LogP contribution >= 0.6 is 11.6 Å². The molecule has 0 fully saturated rings. The molecule has 0 aliphatic heterocycles. The average Bonchev–Trinajstić information content (AvgIpc) is 2.31. The van der Waals surface area contributed by atoms with Crippen molar-refractivity contribution in [2.24, 2.45) is 0 Å². The molecule has 2 aromatic carbocycles. The second-order valence-electron chi connectivity index (χ2n) is 4.01. The first-order valence-electron chi connectivity index (χ1n) is 5.51. The molecule has 0 aromatic heterocycles. The van der Waals surface area contributed by atoms with Crippen LogP contribution in [-0.2, 0) is 6.54 Å². The lowest BCUT2D eigenvalue weighted by atomic mass is 10.1. The van der Waals surface area contributed by atoms with Crippen LogP contribution in [0.25, 0.3) is 0 Å². The summed E-state index contributed by atoms with van der Waals surface area (Å²) in [5, 5.41) is 3.63. The van der Waals surface area contributed by atoms with Crippen LogP contribution in [0.2, 0.25) is 5.02 Å². The molecule has 2 aromatic rings. The fraction of sp³-hybridized carbons (Fsp3) is 0.143. The summed E-state index contributed by atoms with van der Waals surface area (Å²) in [4.78, 5) is 0. The maximum Gasteiger partial charge on any atom is 0.131 e. The van der Waals surface area contributed by atoms with E-state index in [9.17, 15) is 8.78 Å². The van der Waals surface area contributed by atoms with Gasteiger partial charge in [-0.2, -0.15) is 0 Å². The van der Waals surface area contributed by atoms with Crippen LogP contribution in [0.4, 0.5) is 14.5 Å². The predicted octanol–water partition coefficient (Wildman–Crippen LogP) is 4.54. The summed E-state index contributed by atoms with van der Waals surface area (Å²) in [6.45, 7) is 1.98. The molecule has 0 spiro atoms. The second kappa shape index (κ2) is 5.36. The molecule has 2 rings (SSSR count). The minimum Gasteiger partial charge on any atom is -0.381 e. The highest BCUT2D eigenvalue weighted by Crippen LogP contribution is 2.21. The molecule has 18 heavy (non-hydrogen) atoms. The Morgan fingerprint density at radius 2 is 1.78 bits per heavy atom. The van der Waals surface area contributed by atoms with Crippen molar-refractivity contribution in [3.8, 4) is 0 Å². The number of anilines is 1. The second-order valence-corrected chi connectivity index (χ2v) is 4.45. The lowest BCUT2D eigenvalue weighted by molar-refractivity contribution is 0.560. The van der Waals surface area contributed by atoms with E-state index in [0.717, 1.165) is 11.3 Å². The smallest absolute Gasteiger partial charge is 0.131 e. The van der Waals surface area contributed by atoms with E-state index in [1.165, 1.54) is 18.2 Å². The van der Waals surface area contributed by atoms with Crippen LogP contribution < -0.4 is 5.32 Å². The van der Waals surface area contributed by atoms with Gasteiger partial charge in [0.25, 0.3) is 0 Å². The highest BCUT2D eigenvalue weighted by Gasteiger charge is 2.08. The van der Waals surface area contributed by atoms with Crippen LogP contribution in [-0.4, -0.2) is 0 Å². The van der Waals surface area contributed by atoms with Crippen molar-refractivity contribution >= 4 is 17.3 Å². The molecule has 4 heteroatoms. The molecule has 0 heterocycles. The van der Waals surface area contributed by atoms with Gasteiger partial charge in [-0.15, -0.1) is 0 Å². The number of halogens is 3. The third-order valence-corrected chi connectivity index (χ3v) is 2.94. The first-order valence-corrected chi connectivity index (χ1v) is 5.88.